The minimum atomic E-state index is -1.11. The smallest absolute Gasteiger partial charge is 0.326 e. The predicted octanol–water partition coefficient (Wildman–Crippen LogP) is 2.48. The van der Waals surface area contributed by atoms with E-state index in [1.165, 1.54) is 6.20 Å². The summed E-state index contributed by atoms with van der Waals surface area (Å²) in [6.07, 6.45) is 1.35. The molecule has 0 aliphatic carbocycles. The fourth-order valence-electron chi connectivity index (χ4n) is 1.67. The van der Waals surface area contributed by atoms with Gasteiger partial charge in [0.25, 0.3) is 5.91 Å². The van der Waals surface area contributed by atoms with Crippen LogP contribution in [0.1, 0.15) is 56.8 Å². The van der Waals surface area contributed by atoms with Gasteiger partial charge in [-0.15, -0.1) is 0 Å². The Morgan fingerprint density at radius 2 is 1.90 bits per heavy atom. The van der Waals surface area contributed by atoms with Crippen molar-refractivity contribution in [1.29, 1.82) is 0 Å². The van der Waals surface area contributed by atoms with Crippen LogP contribution in [0, 0.1) is 5.41 Å². The first-order valence-corrected chi connectivity index (χ1v) is 6.98. The number of halogens is 1. The number of carbonyl (C=O) groups excluding carboxylic acids is 1. The molecule has 0 bridgehead atoms. The number of aliphatic carboxylic acids is 1. The molecular weight excluding hydrogens is 294 g/mol. The lowest BCUT2D eigenvalue weighted by Gasteiger charge is -2.27. The van der Waals surface area contributed by atoms with Gasteiger partial charge in [-0.2, -0.15) is 0 Å². The molecule has 0 spiro atoms. The van der Waals surface area contributed by atoms with Crippen LogP contribution in [-0.2, 0) is 4.79 Å². The molecule has 7 heteroatoms. The number of carboxylic acids is 1. The van der Waals surface area contributed by atoms with Gasteiger partial charge in [0.05, 0.1) is 11.2 Å². The number of rotatable bonds is 4. The maximum Gasteiger partial charge on any atom is 0.326 e. The highest BCUT2D eigenvalue weighted by Gasteiger charge is 2.33. The van der Waals surface area contributed by atoms with Crippen LogP contribution < -0.4 is 5.32 Å². The van der Waals surface area contributed by atoms with Crippen LogP contribution in [0.4, 0.5) is 0 Å². The van der Waals surface area contributed by atoms with E-state index in [-0.39, 0.29) is 16.6 Å². The molecule has 0 aliphatic rings. The molecule has 1 heterocycles. The Morgan fingerprint density at radius 1 is 1.33 bits per heavy atom. The topological polar surface area (TPSA) is 92.2 Å². The van der Waals surface area contributed by atoms with Crippen molar-refractivity contribution in [1.82, 2.24) is 15.3 Å². The average molecular weight is 314 g/mol. The van der Waals surface area contributed by atoms with Gasteiger partial charge in [-0.05, 0) is 5.41 Å². The van der Waals surface area contributed by atoms with Crippen molar-refractivity contribution in [3.63, 3.8) is 0 Å². The van der Waals surface area contributed by atoms with E-state index in [1.807, 2.05) is 13.8 Å². The van der Waals surface area contributed by atoms with Gasteiger partial charge < -0.3 is 10.4 Å². The van der Waals surface area contributed by atoms with Crippen LogP contribution in [0.5, 0.6) is 0 Å². The molecule has 1 atom stereocenters. The molecule has 0 unspecified atom stereocenters. The Kier molecular flexibility index (Phi) is 5.28. The van der Waals surface area contributed by atoms with Crippen LogP contribution in [0.15, 0.2) is 6.20 Å². The monoisotopic (exact) mass is 313 g/mol. The summed E-state index contributed by atoms with van der Waals surface area (Å²) in [6, 6.07) is -1.04. The fraction of sp³-hybridized carbons (Fsp3) is 0.571. The summed E-state index contributed by atoms with van der Waals surface area (Å²) < 4.78 is 0. The number of hydrogen-bond donors (Lipinski definition) is 2. The molecule has 0 aliphatic heterocycles. The van der Waals surface area contributed by atoms with Crippen molar-refractivity contribution in [2.45, 2.75) is 46.6 Å². The molecule has 1 amide bonds. The molecule has 6 nitrogen and oxygen atoms in total. The third-order valence-corrected chi connectivity index (χ3v) is 3.16. The highest BCUT2D eigenvalue weighted by atomic mass is 35.5. The maximum absolute atomic E-state index is 12.3. The van der Waals surface area contributed by atoms with Gasteiger partial charge in [-0.25, -0.2) is 14.8 Å². The number of carboxylic acid groups (broad SMARTS) is 1. The van der Waals surface area contributed by atoms with Crippen molar-refractivity contribution in [3.05, 3.63) is 22.7 Å². The largest absolute Gasteiger partial charge is 0.480 e. The van der Waals surface area contributed by atoms with Crippen LogP contribution in [0.25, 0.3) is 0 Å². The first-order valence-electron chi connectivity index (χ1n) is 6.60. The first kappa shape index (κ1) is 17.4. The van der Waals surface area contributed by atoms with Crippen molar-refractivity contribution < 1.29 is 14.7 Å². The number of aromatic nitrogens is 2. The fourth-order valence-corrected chi connectivity index (χ4v) is 1.84. The molecule has 0 saturated carbocycles. The Morgan fingerprint density at radius 3 is 2.33 bits per heavy atom. The number of amides is 1. The third kappa shape index (κ3) is 4.39. The summed E-state index contributed by atoms with van der Waals surface area (Å²) in [6.45, 7) is 8.97. The highest BCUT2D eigenvalue weighted by Crippen LogP contribution is 2.21. The van der Waals surface area contributed by atoms with Crippen LogP contribution >= 0.6 is 11.6 Å². The Bertz CT molecular complexity index is 553. The molecule has 116 valence electrons. The van der Waals surface area contributed by atoms with E-state index >= 15 is 0 Å². The molecule has 0 saturated heterocycles. The summed E-state index contributed by atoms with van der Waals surface area (Å²) in [5.41, 5.74) is -0.645. The first-order chi connectivity index (χ1) is 9.54. The minimum absolute atomic E-state index is 0.00846. The zero-order valence-corrected chi connectivity index (χ0v) is 13.5. The molecule has 0 radical (unpaired) electrons. The molecule has 0 fully saturated rings. The lowest BCUT2D eigenvalue weighted by atomic mass is 9.86. The van der Waals surface area contributed by atoms with Gasteiger partial charge in [0.1, 0.15) is 17.6 Å². The zero-order chi connectivity index (χ0) is 16.4. The summed E-state index contributed by atoms with van der Waals surface area (Å²) in [7, 11) is 0. The highest BCUT2D eigenvalue weighted by molar-refractivity contribution is 6.33. The van der Waals surface area contributed by atoms with Crippen molar-refractivity contribution >= 4 is 23.5 Å². The summed E-state index contributed by atoms with van der Waals surface area (Å²) >= 11 is 5.94. The normalized spacial score (nSPS) is 13.1. The van der Waals surface area contributed by atoms with Gasteiger partial charge in [-0.3, -0.25) is 4.79 Å². The van der Waals surface area contributed by atoms with Gasteiger partial charge >= 0.3 is 5.97 Å². The number of carbonyl (C=O) groups is 2. The molecule has 21 heavy (non-hydrogen) atoms. The molecule has 1 aromatic rings. The number of nitrogens with zero attached hydrogens (tertiary/aromatic N) is 2. The van der Waals surface area contributed by atoms with Crippen LogP contribution in [0.2, 0.25) is 5.02 Å². The quantitative estimate of drug-likeness (QED) is 0.891. The van der Waals surface area contributed by atoms with Gasteiger partial charge in [0.2, 0.25) is 0 Å². The Labute approximate surface area is 128 Å². The standard InChI is InChI=1S/C14H20ClN3O3/c1-7(2)11-16-6-8(15)9(17-11)12(19)18-10(13(20)21)14(3,4)5/h6-7,10H,1-5H3,(H,18,19)(H,20,21)/t10-/m1/s1. The molecule has 1 aromatic heterocycles. The van der Waals surface area contributed by atoms with E-state index < -0.39 is 23.3 Å². The molecule has 1 rings (SSSR count). The number of nitrogens with one attached hydrogen (secondary N) is 1. The summed E-state index contributed by atoms with van der Waals surface area (Å²) in [5, 5.41) is 11.8. The molecular formula is C14H20ClN3O3. The minimum Gasteiger partial charge on any atom is -0.480 e. The second-order valence-electron chi connectivity index (χ2n) is 6.19. The van der Waals surface area contributed by atoms with E-state index in [1.54, 1.807) is 20.8 Å². The van der Waals surface area contributed by atoms with Crippen molar-refractivity contribution in [3.8, 4) is 0 Å². The molecule has 0 aromatic carbocycles. The number of hydrogen-bond acceptors (Lipinski definition) is 4. The van der Waals surface area contributed by atoms with Crippen molar-refractivity contribution in [2.75, 3.05) is 0 Å². The van der Waals surface area contributed by atoms with E-state index in [2.05, 4.69) is 15.3 Å². The van der Waals surface area contributed by atoms with E-state index in [0.29, 0.717) is 5.82 Å². The van der Waals surface area contributed by atoms with E-state index in [0.717, 1.165) is 0 Å². The van der Waals surface area contributed by atoms with Gasteiger partial charge in [0.15, 0.2) is 0 Å². The Balaban J connectivity index is 3.08. The average Bonchev–Trinajstić information content (AvgIpc) is 2.33. The van der Waals surface area contributed by atoms with Crippen LogP contribution in [-0.4, -0.2) is 33.0 Å². The van der Waals surface area contributed by atoms with Crippen molar-refractivity contribution in [2.24, 2.45) is 5.41 Å². The molecule has 2 N–H and O–H groups in total. The van der Waals surface area contributed by atoms with Crippen LogP contribution in [0.3, 0.4) is 0 Å². The third-order valence-electron chi connectivity index (χ3n) is 2.88. The summed E-state index contributed by atoms with van der Waals surface area (Å²) in [5.74, 6) is -1.21. The van der Waals surface area contributed by atoms with Gasteiger partial charge in [0, 0.05) is 5.92 Å². The lowest BCUT2D eigenvalue weighted by molar-refractivity contribution is -0.142. The Hall–Kier alpha value is -1.69. The second-order valence-corrected chi connectivity index (χ2v) is 6.60. The predicted molar refractivity (Wildman–Crippen MR) is 79.5 cm³/mol. The maximum atomic E-state index is 12.3. The SMILES string of the molecule is CC(C)c1ncc(Cl)c(C(=O)N[C@H](C(=O)O)C(C)(C)C)n1. The lowest BCUT2D eigenvalue weighted by Crippen LogP contribution is -2.49. The zero-order valence-electron chi connectivity index (χ0n) is 12.8. The van der Waals surface area contributed by atoms with Gasteiger partial charge in [-0.1, -0.05) is 46.2 Å². The van der Waals surface area contributed by atoms with E-state index in [4.69, 9.17) is 11.6 Å². The summed E-state index contributed by atoms with van der Waals surface area (Å²) in [4.78, 5) is 31.7. The second kappa shape index (κ2) is 6.39. The van der Waals surface area contributed by atoms with E-state index in [9.17, 15) is 14.7 Å².